The Morgan fingerprint density at radius 1 is 2.00 bits per heavy atom. The van der Waals surface area contributed by atoms with Crippen molar-refractivity contribution in [3.8, 4) is 6.07 Å². The first-order chi connectivity index (χ1) is 3.18. The summed E-state index contributed by atoms with van der Waals surface area (Å²) in [5.41, 5.74) is 7.74. The molecule has 7 heavy (non-hydrogen) atoms. The van der Waals surface area contributed by atoms with E-state index in [4.69, 9.17) is 5.26 Å². The molecule has 4 nitrogen and oxygen atoms in total. The number of nitrogens with two attached hydrogens (primary N) is 1. The summed E-state index contributed by atoms with van der Waals surface area (Å²) >= 11 is 0. The van der Waals surface area contributed by atoms with Crippen molar-refractivity contribution in [2.75, 3.05) is 0 Å². The van der Waals surface area contributed by atoms with Gasteiger partial charge < -0.3 is 11.5 Å². The highest BCUT2D eigenvalue weighted by atomic mass is 16.1. The quantitative estimate of drug-likeness (QED) is 0.384. The molecule has 0 spiro atoms. The van der Waals surface area contributed by atoms with Gasteiger partial charge in [-0.25, -0.2) is 0 Å². The fourth-order valence-corrected chi connectivity index (χ4v) is 0.0636. The molecule has 0 heterocycles. The first-order valence-corrected chi connectivity index (χ1v) is 1.70. The summed E-state index contributed by atoms with van der Waals surface area (Å²) in [7, 11) is 0. The van der Waals surface area contributed by atoms with Crippen molar-refractivity contribution in [3.63, 3.8) is 0 Å². The summed E-state index contributed by atoms with van der Waals surface area (Å²) in [4.78, 5) is 9.87. The van der Waals surface area contributed by atoms with E-state index in [0.29, 0.717) is 0 Å². The third-order valence-electron chi connectivity index (χ3n) is 0.499. The molecular weight excluding hydrogens is 94.1 g/mol. The Labute approximate surface area is 40.7 Å². The minimum Gasteiger partial charge on any atom is -0.364 e. The summed E-state index contributed by atoms with van der Waals surface area (Å²) in [5.74, 6) is -0.678. The Morgan fingerprint density at radius 2 is 2.43 bits per heavy atom. The van der Waals surface area contributed by atoms with E-state index in [1.54, 1.807) is 6.07 Å². The van der Waals surface area contributed by atoms with Crippen molar-refractivity contribution in [3.05, 3.63) is 0 Å². The van der Waals surface area contributed by atoms with Crippen LogP contribution < -0.4 is 11.5 Å². The SMILES string of the molecule is N#C[C@@H]([NH3+])C(N)=O. The molecule has 0 aromatic heterocycles. The monoisotopic (exact) mass is 100 g/mol. The van der Waals surface area contributed by atoms with Gasteiger partial charge in [-0.05, 0) is 0 Å². The number of hydrogen-bond donors (Lipinski definition) is 2. The van der Waals surface area contributed by atoms with Gasteiger partial charge in [-0.1, -0.05) is 0 Å². The molecule has 0 aliphatic rings. The number of carbonyl (C=O) groups excluding carboxylic acids is 1. The highest BCUT2D eigenvalue weighted by molar-refractivity contribution is 5.80. The van der Waals surface area contributed by atoms with Crippen molar-refractivity contribution >= 4 is 5.91 Å². The molecule has 0 radical (unpaired) electrons. The van der Waals surface area contributed by atoms with Crippen molar-refractivity contribution in [1.29, 1.82) is 5.26 Å². The molecule has 0 saturated heterocycles. The van der Waals surface area contributed by atoms with E-state index in [0.717, 1.165) is 0 Å². The molecule has 5 N–H and O–H groups in total. The molecule has 0 aromatic carbocycles. The van der Waals surface area contributed by atoms with Crippen molar-refractivity contribution in [2.24, 2.45) is 5.73 Å². The van der Waals surface area contributed by atoms with Gasteiger partial charge in [0.25, 0.3) is 5.91 Å². The van der Waals surface area contributed by atoms with Crippen molar-refractivity contribution in [2.45, 2.75) is 6.04 Å². The van der Waals surface area contributed by atoms with E-state index in [2.05, 4.69) is 11.5 Å². The van der Waals surface area contributed by atoms with Gasteiger partial charge >= 0.3 is 0 Å². The van der Waals surface area contributed by atoms with Crippen LogP contribution in [0.3, 0.4) is 0 Å². The van der Waals surface area contributed by atoms with Crippen LogP contribution in [0.25, 0.3) is 0 Å². The molecular formula is C3H6N3O+. The van der Waals surface area contributed by atoms with Gasteiger partial charge in [-0.2, -0.15) is 5.26 Å². The minimum absolute atomic E-state index is 0.678. The zero-order chi connectivity index (χ0) is 5.86. The fraction of sp³-hybridized carbons (Fsp3) is 0.333. The predicted octanol–water partition coefficient (Wildman–Crippen LogP) is -2.39. The number of amides is 1. The summed E-state index contributed by atoms with van der Waals surface area (Å²) in [5, 5.41) is 7.89. The lowest BCUT2D eigenvalue weighted by Crippen LogP contribution is -2.65. The Hall–Kier alpha value is -1.08. The maximum Gasteiger partial charge on any atom is 0.290 e. The minimum atomic E-state index is -0.903. The maximum absolute atomic E-state index is 9.87. The van der Waals surface area contributed by atoms with Gasteiger partial charge in [-0.15, -0.1) is 0 Å². The van der Waals surface area contributed by atoms with Crippen LogP contribution in [0.4, 0.5) is 0 Å². The van der Waals surface area contributed by atoms with Gasteiger partial charge in [0.2, 0.25) is 6.04 Å². The van der Waals surface area contributed by atoms with Gasteiger partial charge in [-0.3, -0.25) is 4.79 Å². The van der Waals surface area contributed by atoms with E-state index in [1.165, 1.54) is 0 Å². The molecule has 0 aromatic rings. The van der Waals surface area contributed by atoms with Crippen molar-refractivity contribution < 1.29 is 10.5 Å². The van der Waals surface area contributed by atoms with Crippen molar-refractivity contribution in [1.82, 2.24) is 0 Å². The molecule has 1 atom stereocenters. The summed E-state index contributed by atoms with van der Waals surface area (Å²) in [6, 6.07) is 0.676. The second-order valence-corrected chi connectivity index (χ2v) is 1.08. The second-order valence-electron chi connectivity index (χ2n) is 1.08. The summed E-state index contributed by atoms with van der Waals surface area (Å²) in [6.07, 6.45) is 0. The highest BCUT2D eigenvalue weighted by Gasteiger charge is 2.08. The van der Waals surface area contributed by atoms with Crippen LogP contribution >= 0.6 is 0 Å². The molecule has 0 unspecified atom stereocenters. The standard InChI is InChI=1S/C3H5N3O/c4-1-2(5)3(6)7/h2H,5H2,(H2,6,7)/p+1/t2-/m1/s1. The predicted molar refractivity (Wildman–Crippen MR) is 21.5 cm³/mol. The van der Waals surface area contributed by atoms with Crippen LogP contribution in [-0.4, -0.2) is 11.9 Å². The van der Waals surface area contributed by atoms with E-state index < -0.39 is 11.9 Å². The van der Waals surface area contributed by atoms with E-state index in [9.17, 15) is 4.79 Å². The van der Waals surface area contributed by atoms with Gasteiger partial charge in [0, 0.05) is 0 Å². The molecule has 4 heteroatoms. The molecule has 0 bridgehead atoms. The van der Waals surface area contributed by atoms with Crippen LogP contribution in [-0.2, 0) is 4.79 Å². The smallest absolute Gasteiger partial charge is 0.290 e. The normalized spacial score (nSPS) is 12.0. The maximum atomic E-state index is 9.87. The first-order valence-electron chi connectivity index (χ1n) is 1.70. The van der Waals surface area contributed by atoms with E-state index >= 15 is 0 Å². The zero-order valence-corrected chi connectivity index (χ0v) is 3.72. The Bertz CT molecular complexity index is 114. The van der Waals surface area contributed by atoms with Crippen LogP contribution in [0, 0.1) is 11.3 Å². The molecule has 0 fully saturated rings. The lowest BCUT2D eigenvalue weighted by Gasteiger charge is -1.85. The largest absolute Gasteiger partial charge is 0.364 e. The molecule has 1 amide bonds. The number of rotatable bonds is 1. The van der Waals surface area contributed by atoms with Crippen LogP contribution in [0.5, 0.6) is 0 Å². The lowest BCUT2D eigenvalue weighted by molar-refractivity contribution is -0.384. The number of primary amides is 1. The number of hydrogen-bond acceptors (Lipinski definition) is 2. The molecule has 38 valence electrons. The number of carbonyl (C=O) groups is 1. The van der Waals surface area contributed by atoms with E-state index in [-0.39, 0.29) is 0 Å². The molecule has 0 aliphatic heterocycles. The third-order valence-corrected chi connectivity index (χ3v) is 0.499. The lowest BCUT2D eigenvalue weighted by atomic mass is 10.3. The third kappa shape index (κ3) is 1.73. The average Bonchev–Trinajstić information content (AvgIpc) is 1.65. The Kier molecular flexibility index (Phi) is 1.82. The average molecular weight is 100 g/mol. The zero-order valence-electron chi connectivity index (χ0n) is 3.72. The summed E-state index contributed by atoms with van der Waals surface area (Å²) in [6.45, 7) is 0. The Balaban J connectivity index is 3.63. The number of quaternary nitrogens is 1. The van der Waals surface area contributed by atoms with Crippen LogP contribution in [0.2, 0.25) is 0 Å². The van der Waals surface area contributed by atoms with Crippen LogP contribution in [0.15, 0.2) is 0 Å². The van der Waals surface area contributed by atoms with Gasteiger partial charge in [0.15, 0.2) is 0 Å². The van der Waals surface area contributed by atoms with Gasteiger partial charge in [0.05, 0.1) is 0 Å². The Morgan fingerprint density at radius 3 is 2.43 bits per heavy atom. The number of nitrogens with zero attached hydrogens (tertiary/aromatic N) is 1. The summed E-state index contributed by atoms with van der Waals surface area (Å²) < 4.78 is 0. The molecule has 0 saturated carbocycles. The van der Waals surface area contributed by atoms with E-state index in [1.807, 2.05) is 0 Å². The van der Waals surface area contributed by atoms with Gasteiger partial charge in [0.1, 0.15) is 6.07 Å². The topological polar surface area (TPSA) is 94.5 Å². The highest BCUT2D eigenvalue weighted by Crippen LogP contribution is 1.61. The molecule has 0 aliphatic carbocycles. The van der Waals surface area contributed by atoms with Crippen LogP contribution in [0.1, 0.15) is 0 Å². The first kappa shape index (κ1) is 5.92. The second kappa shape index (κ2) is 2.16. The number of nitriles is 1. The fourth-order valence-electron chi connectivity index (χ4n) is 0.0636. The molecule has 0 rings (SSSR count).